The van der Waals surface area contributed by atoms with Crippen molar-refractivity contribution < 1.29 is 9.53 Å². The highest BCUT2D eigenvalue weighted by molar-refractivity contribution is 7.98. The number of aryl methyl sites for hydroxylation is 3. The Labute approximate surface area is 195 Å². The van der Waals surface area contributed by atoms with Gasteiger partial charge in [-0.05, 0) is 44.2 Å². The van der Waals surface area contributed by atoms with Crippen LogP contribution in [0.3, 0.4) is 0 Å². The van der Waals surface area contributed by atoms with Gasteiger partial charge in [0.2, 0.25) is 0 Å². The molecule has 11 heteroatoms. The summed E-state index contributed by atoms with van der Waals surface area (Å²) in [5.74, 6) is 0.892. The van der Waals surface area contributed by atoms with Gasteiger partial charge in [-0.1, -0.05) is 11.8 Å². The van der Waals surface area contributed by atoms with Crippen molar-refractivity contribution in [1.82, 2.24) is 19.5 Å². The lowest BCUT2D eigenvalue weighted by Crippen LogP contribution is -2.20. The molecular weight excluding hydrogens is 466 g/mol. The molecule has 0 atom stereocenters. The number of nitrogens with zero attached hydrogens (tertiary/aromatic N) is 4. The molecular formula is C21H21N5O3S3. The molecule has 0 unspecified atom stereocenters. The fourth-order valence-corrected chi connectivity index (χ4v) is 7.27. The molecule has 0 aliphatic heterocycles. The van der Waals surface area contributed by atoms with E-state index in [1.165, 1.54) is 33.5 Å². The van der Waals surface area contributed by atoms with E-state index in [0.717, 1.165) is 35.0 Å². The second-order valence-electron chi connectivity index (χ2n) is 7.57. The molecule has 1 aliphatic carbocycles. The van der Waals surface area contributed by atoms with Crippen LogP contribution in [0.25, 0.3) is 20.4 Å². The first kappa shape index (κ1) is 21.4. The molecule has 5 rings (SSSR count). The van der Waals surface area contributed by atoms with Gasteiger partial charge in [0.05, 0.1) is 23.1 Å². The van der Waals surface area contributed by atoms with E-state index in [1.54, 1.807) is 29.9 Å². The predicted octanol–water partition coefficient (Wildman–Crippen LogP) is 3.85. The van der Waals surface area contributed by atoms with Crippen molar-refractivity contribution in [3.05, 3.63) is 37.1 Å². The molecule has 2 N–H and O–H groups in total. The normalized spacial score (nSPS) is 13.2. The zero-order valence-corrected chi connectivity index (χ0v) is 20.3. The number of thiophene rings is 2. The Morgan fingerprint density at radius 2 is 1.97 bits per heavy atom. The fourth-order valence-electron chi connectivity index (χ4n) is 4.04. The third-order valence-electron chi connectivity index (χ3n) is 5.56. The number of nitrogens with two attached hydrogens (primary N) is 1. The molecule has 4 heterocycles. The van der Waals surface area contributed by atoms with Gasteiger partial charge in [-0.25, -0.2) is 19.7 Å². The average Bonchev–Trinajstić information content (AvgIpc) is 3.43. The Bertz CT molecular complexity index is 1450. The van der Waals surface area contributed by atoms with Crippen LogP contribution >= 0.6 is 34.4 Å². The summed E-state index contributed by atoms with van der Waals surface area (Å²) in [7, 11) is 1.75. The topological polar surface area (TPSA) is 113 Å². The van der Waals surface area contributed by atoms with Gasteiger partial charge in [-0.15, -0.1) is 22.7 Å². The van der Waals surface area contributed by atoms with Crippen molar-refractivity contribution in [3.63, 3.8) is 0 Å². The lowest BCUT2D eigenvalue weighted by molar-refractivity contribution is 0.0531. The van der Waals surface area contributed by atoms with Crippen LogP contribution < -0.4 is 11.3 Å². The number of esters is 1. The standard InChI is InChI=1S/C21H21N5O3S3/c1-4-29-20(28)15-9(2)13-16(22)23-12(24-17(13)32-15)8-30-21-25-18-14(19(27)26(21)3)10-6-5-7-11(10)31-18/h4-8H2,1-3H3,(H2,22,23,24). The largest absolute Gasteiger partial charge is 0.462 e. The van der Waals surface area contributed by atoms with Gasteiger partial charge in [-0.2, -0.15) is 0 Å². The Morgan fingerprint density at radius 1 is 1.19 bits per heavy atom. The lowest BCUT2D eigenvalue weighted by atomic mass is 10.2. The third kappa shape index (κ3) is 3.39. The van der Waals surface area contributed by atoms with Crippen LogP contribution in [0.4, 0.5) is 5.82 Å². The van der Waals surface area contributed by atoms with Gasteiger partial charge in [0.1, 0.15) is 26.2 Å². The number of thioether (sulfide) groups is 1. The zero-order chi connectivity index (χ0) is 22.6. The van der Waals surface area contributed by atoms with Crippen LogP contribution in [0.5, 0.6) is 0 Å². The van der Waals surface area contributed by atoms with E-state index in [0.29, 0.717) is 44.3 Å². The second kappa shape index (κ2) is 8.13. The number of hydrogen-bond donors (Lipinski definition) is 1. The summed E-state index contributed by atoms with van der Waals surface area (Å²) in [5, 5.41) is 2.09. The SMILES string of the molecule is CCOC(=O)c1sc2nc(CSc3nc4sc5c(c4c(=O)n3C)CCC5)nc(N)c2c1C. The summed E-state index contributed by atoms with van der Waals surface area (Å²) in [4.78, 5) is 42.3. The van der Waals surface area contributed by atoms with Crippen molar-refractivity contribution in [2.24, 2.45) is 7.05 Å². The summed E-state index contributed by atoms with van der Waals surface area (Å²) in [5.41, 5.74) is 8.13. The number of nitrogen functional groups attached to an aromatic ring is 1. The molecule has 4 aromatic heterocycles. The minimum Gasteiger partial charge on any atom is -0.462 e. The van der Waals surface area contributed by atoms with Crippen LogP contribution in [0.15, 0.2) is 9.95 Å². The first-order chi connectivity index (χ1) is 15.4. The predicted molar refractivity (Wildman–Crippen MR) is 129 cm³/mol. The van der Waals surface area contributed by atoms with Crippen LogP contribution in [-0.2, 0) is 30.4 Å². The fraction of sp³-hybridized carbons (Fsp3) is 0.381. The Kier molecular flexibility index (Phi) is 5.42. The van der Waals surface area contributed by atoms with Crippen LogP contribution in [-0.4, -0.2) is 32.1 Å². The van der Waals surface area contributed by atoms with Crippen LogP contribution in [0, 0.1) is 6.92 Å². The molecule has 1 aliphatic rings. The minimum absolute atomic E-state index is 0.000689. The number of rotatable bonds is 5. The Morgan fingerprint density at radius 3 is 2.75 bits per heavy atom. The molecule has 0 saturated carbocycles. The highest BCUT2D eigenvalue weighted by Crippen LogP contribution is 2.36. The maximum atomic E-state index is 13.0. The van der Waals surface area contributed by atoms with Gasteiger partial charge >= 0.3 is 5.97 Å². The van der Waals surface area contributed by atoms with Crippen molar-refractivity contribution in [2.45, 2.75) is 44.0 Å². The van der Waals surface area contributed by atoms with E-state index in [4.69, 9.17) is 15.5 Å². The monoisotopic (exact) mass is 487 g/mol. The lowest BCUT2D eigenvalue weighted by Gasteiger charge is -2.08. The van der Waals surface area contributed by atoms with Gasteiger partial charge in [0.15, 0.2) is 5.16 Å². The van der Waals surface area contributed by atoms with Crippen molar-refractivity contribution >= 4 is 66.7 Å². The Hall–Kier alpha value is -2.50. The van der Waals surface area contributed by atoms with E-state index in [-0.39, 0.29) is 11.5 Å². The number of hydrogen-bond acceptors (Lipinski definition) is 10. The molecule has 8 nitrogen and oxygen atoms in total. The molecule has 4 aromatic rings. The van der Waals surface area contributed by atoms with Crippen molar-refractivity contribution in [3.8, 4) is 0 Å². The molecule has 0 saturated heterocycles. The summed E-state index contributed by atoms with van der Waals surface area (Å²) >= 11 is 4.29. The molecule has 0 spiro atoms. The van der Waals surface area contributed by atoms with Gasteiger partial charge in [0, 0.05) is 11.9 Å². The van der Waals surface area contributed by atoms with Crippen LogP contribution in [0.2, 0.25) is 0 Å². The molecule has 32 heavy (non-hydrogen) atoms. The van der Waals surface area contributed by atoms with E-state index >= 15 is 0 Å². The summed E-state index contributed by atoms with van der Waals surface area (Å²) < 4.78 is 6.74. The number of ether oxygens (including phenoxy) is 1. The maximum absolute atomic E-state index is 13.0. The zero-order valence-electron chi connectivity index (χ0n) is 17.9. The number of carbonyl (C=O) groups excluding carboxylic acids is 1. The van der Waals surface area contributed by atoms with Gasteiger partial charge in [0.25, 0.3) is 5.56 Å². The first-order valence-electron chi connectivity index (χ1n) is 10.3. The highest BCUT2D eigenvalue weighted by Gasteiger charge is 2.23. The number of fused-ring (bicyclic) bond motifs is 4. The average molecular weight is 488 g/mol. The molecule has 0 fully saturated rings. The summed E-state index contributed by atoms with van der Waals surface area (Å²) in [6, 6.07) is 0. The molecule has 0 aromatic carbocycles. The molecule has 0 radical (unpaired) electrons. The number of carbonyl (C=O) groups is 1. The number of anilines is 1. The molecule has 0 bridgehead atoms. The van der Waals surface area contributed by atoms with Crippen molar-refractivity contribution in [2.75, 3.05) is 12.3 Å². The van der Waals surface area contributed by atoms with Gasteiger partial charge in [-0.3, -0.25) is 9.36 Å². The molecule has 166 valence electrons. The second-order valence-corrected chi connectivity index (χ2v) is 10.6. The quantitative estimate of drug-likeness (QED) is 0.257. The van der Waals surface area contributed by atoms with E-state index in [2.05, 4.69) is 9.97 Å². The smallest absolute Gasteiger partial charge is 0.348 e. The van der Waals surface area contributed by atoms with Gasteiger partial charge < -0.3 is 10.5 Å². The van der Waals surface area contributed by atoms with E-state index in [9.17, 15) is 9.59 Å². The Balaban J connectivity index is 1.46. The summed E-state index contributed by atoms with van der Waals surface area (Å²) in [6.45, 7) is 3.90. The number of aromatic nitrogens is 4. The summed E-state index contributed by atoms with van der Waals surface area (Å²) in [6.07, 6.45) is 3.10. The molecule has 0 amide bonds. The van der Waals surface area contributed by atoms with E-state index < -0.39 is 0 Å². The van der Waals surface area contributed by atoms with Crippen LogP contribution in [0.1, 0.15) is 44.8 Å². The minimum atomic E-state index is -0.376. The van der Waals surface area contributed by atoms with Crippen molar-refractivity contribution in [1.29, 1.82) is 0 Å². The van der Waals surface area contributed by atoms with E-state index in [1.807, 2.05) is 6.92 Å². The first-order valence-corrected chi connectivity index (χ1v) is 12.9. The highest BCUT2D eigenvalue weighted by atomic mass is 32.2. The maximum Gasteiger partial charge on any atom is 0.348 e. The third-order valence-corrected chi connectivity index (χ3v) is 8.94.